The van der Waals surface area contributed by atoms with E-state index in [1.165, 1.54) is 0 Å². The van der Waals surface area contributed by atoms with Crippen LogP contribution in [0, 0.1) is 0 Å². The number of carbonyl (C=O) groups is 2. The number of carboxylic acids is 1. The molecule has 0 spiro atoms. The summed E-state index contributed by atoms with van der Waals surface area (Å²) in [7, 11) is 0. The Kier molecular flexibility index (Phi) is 5.96. The van der Waals surface area contributed by atoms with Gasteiger partial charge in [0.1, 0.15) is 5.69 Å². The molecule has 8 heteroatoms. The van der Waals surface area contributed by atoms with Crippen molar-refractivity contribution in [2.24, 2.45) is 0 Å². The Balaban J connectivity index is 1.50. The maximum Gasteiger partial charge on any atom is 0.354 e. The first kappa shape index (κ1) is 18.1. The van der Waals surface area contributed by atoms with Crippen LogP contribution in [0.15, 0.2) is 30.7 Å². The van der Waals surface area contributed by atoms with Gasteiger partial charge in [-0.2, -0.15) is 5.10 Å². The fourth-order valence-electron chi connectivity index (χ4n) is 3.19. The van der Waals surface area contributed by atoms with Crippen molar-refractivity contribution in [3.63, 3.8) is 0 Å². The average molecular weight is 357 g/mol. The molecule has 0 bridgehead atoms. The van der Waals surface area contributed by atoms with E-state index in [0.29, 0.717) is 25.1 Å². The van der Waals surface area contributed by atoms with Crippen molar-refractivity contribution in [1.29, 1.82) is 0 Å². The molecule has 26 heavy (non-hydrogen) atoms. The topological polar surface area (TPSA) is 102 Å². The highest BCUT2D eigenvalue weighted by Gasteiger charge is 2.21. The average Bonchev–Trinajstić information content (AvgIpc) is 2.98. The van der Waals surface area contributed by atoms with Gasteiger partial charge in [0.05, 0.1) is 6.20 Å². The second-order valence-electron chi connectivity index (χ2n) is 6.44. The quantitative estimate of drug-likeness (QED) is 0.805. The Hall–Kier alpha value is -2.74. The molecule has 0 unspecified atom stereocenters. The van der Waals surface area contributed by atoms with Crippen LogP contribution in [0.1, 0.15) is 34.5 Å². The second kappa shape index (κ2) is 8.57. The Bertz CT molecular complexity index is 746. The number of carbonyl (C=O) groups excluding carboxylic acids is 1. The van der Waals surface area contributed by atoms with E-state index in [1.54, 1.807) is 18.6 Å². The number of aromatic amines is 1. The lowest BCUT2D eigenvalue weighted by molar-refractivity contribution is -0.131. The molecule has 138 valence electrons. The van der Waals surface area contributed by atoms with Crippen LogP contribution in [0.3, 0.4) is 0 Å². The predicted octanol–water partition coefficient (Wildman–Crippen LogP) is 1.17. The maximum atomic E-state index is 12.5. The van der Waals surface area contributed by atoms with Crippen LogP contribution in [-0.4, -0.2) is 68.1 Å². The van der Waals surface area contributed by atoms with E-state index < -0.39 is 5.97 Å². The number of nitrogens with zero attached hydrogens (tertiary/aromatic N) is 4. The Morgan fingerprint density at radius 3 is 2.73 bits per heavy atom. The molecule has 0 saturated carbocycles. The van der Waals surface area contributed by atoms with E-state index in [4.69, 9.17) is 5.11 Å². The fourth-order valence-corrected chi connectivity index (χ4v) is 3.19. The highest BCUT2D eigenvalue weighted by atomic mass is 16.4. The summed E-state index contributed by atoms with van der Waals surface area (Å²) < 4.78 is 0. The monoisotopic (exact) mass is 357 g/mol. The van der Waals surface area contributed by atoms with E-state index in [1.807, 2.05) is 17.0 Å². The van der Waals surface area contributed by atoms with E-state index in [0.717, 1.165) is 38.0 Å². The lowest BCUT2D eigenvalue weighted by atomic mass is 10.1. The lowest BCUT2D eigenvalue weighted by Gasteiger charge is -2.22. The van der Waals surface area contributed by atoms with Gasteiger partial charge in [-0.25, -0.2) is 4.79 Å². The van der Waals surface area contributed by atoms with Crippen LogP contribution in [0.4, 0.5) is 0 Å². The zero-order chi connectivity index (χ0) is 18.4. The highest BCUT2D eigenvalue weighted by Crippen LogP contribution is 2.13. The van der Waals surface area contributed by atoms with Crippen LogP contribution in [-0.2, 0) is 17.8 Å². The Labute approximate surface area is 151 Å². The maximum absolute atomic E-state index is 12.5. The minimum atomic E-state index is -1.000. The van der Waals surface area contributed by atoms with Gasteiger partial charge in [-0.05, 0) is 30.5 Å². The van der Waals surface area contributed by atoms with Crippen LogP contribution < -0.4 is 0 Å². The van der Waals surface area contributed by atoms with Crippen LogP contribution >= 0.6 is 0 Å². The van der Waals surface area contributed by atoms with Gasteiger partial charge >= 0.3 is 5.97 Å². The van der Waals surface area contributed by atoms with Gasteiger partial charge in [0, 0.05) is 57.1 Å². The molecule has 0 radical (unpaired) electrons. The summed E-state index contributed by atoms with van der Waals surface area (Å²) in [5, 5.41) is 15.5. The molecule has 2 N–H and O–H groups in total. The van der Waals surface area contributed by atoms with Crippen LogP contribution in [0.2, 0.25) is 0 Å². The number of aromatic carboxylic acids is 1. The van der Waals surface area contributed by atoms with Crippen molar-refractivity contribution in [3.8, 4) is 0 Å². The molecule has 8 nitrogen and oxygen atoms in total. The SMILES string of the molecule is O=C(O)c1[nH]ncc1CN1CCCN(C(=O)CCc2ccncc2)CC1. The number of hydrogen-bond donors (Lipinski definition) is 2. The van der Waals surface area contributed by atoms with Crippen molar-refractivity contribution in [2.45, 2.75) is 25.8 Å². The van der Waals surface area contributed by atoms with Crippen molar-refractivity contribution in [2.75, 3.05) is 26.2 Å². The number of rotatable bonds is 6. The van der Waals surface area contributed by atoms with E-state index in [2.05, 4.69) is 20.1 Å². The number of carboxylic acid groups (broad SMARTS) is 1. The van der Waals surface area contributed by atoms with E-state index in [9.17, 15) is 9.59 Å². The molecule has 3 rings (SSSR count). The van der Waals surface area contributed by atoms with Crippen LogP contribution in [0.5, 0.6) is 0 Å². The molecule has 0 aromatic carbocycles. The molecule has 1 fully saturated rings. The molecular weight excluding hydrogens is 334 g/mol. The molecular formula is C18H23N5O3. The summed E-state index contributed by atoms with van der Waals surface area (Å²) >= 11 is 0. The lowest BCUT2D eigenvalue weighted by Crippen LogP contribution is -2.35. The van der Waals surface area contributed by atoms with Gasteiger partial charge in [0.25, 0.3) is 0 Å². The number of nitrogens with one attached hydrogen (secondary N) is 1. The first-order valence-electron chi connectivity index (χ1n) is 8.78. The molecule has 0 atom stereocenters. The van der Waals surface area contributed by atoms with Crippen molar-refractivity contribution >= 4 is 11.9 Å². The molecule has 1 saturated heterocycles. The number of pyridine rings is 1. The zero-order valence-corrected chi connectivity index (χ0v) is 14.6. The van der Waals surface area contributed by atoms with Crippen molar-refractivity contribution < 1.29 is 14.7 Å². The summed E-state index contributed by atoms with van der Waals surface area (Å²) in [5.41, 5.74) is 1.93. The molecule has 0 aliphatic carbocycles. The molecule has 1 aliphatic rings. The predicted molar refractivity (Wildman–Crippen MR) is 94.6 cm³/mol. The molecule has 3 heterocycles. The van der Waals surface area contributed by atoms with Gasteiger partial charge < -0.3 is 10.0 Å². The first-order valence-corrected chi connectivity index (χ1v) is 8.78. The van der Waals surface area contributed by atoms with Gasteiger partial charge in [-0.1, -0.05) is 0 Å². The Morgan fingerprint density at radius 1 is 1.15 bits per heavy atom. The number of aryl methyl sites for hydroxylation is 1. The van der Waals surface area contributed by atoms with Gasteiger partial charge in [-0.15, -0.1) is 0 Å². The fraction of sp³-hybridized carbons (Fsp3) is 0.444. The summed E-state index contributed by atoms with van der Waals surface area (Å²) in [5.74, 6) is -0.835. The molecule has 2 aromatic heterocycles. The van der Waals surface area contributed by atoms with Gasteiger partial charge in [-0.3, -0.25) is 19.8 Å². The molecule has 2 aromatic rings. The number of amides is 1. The third-order valence-corrected chi connectivity index (χ3v) is 4.64. The summed E-state index contributed by atoms with van der Waals surface area (Å²) in [4.78, 5) is 31.7. The van der Waals surface area contributed by atoms with Crippen molar-refractivity contribution in [1.82, 2.24) is 25.0 Å². The van der Waals surface area contributed by atoms with Gasteiger partial charge in [0.2, 0.25) is 5.91 Å². The number of hydrogen-bond acceptors (Lipinski definition) is 5. The summed E-state index contributed by atoms with van der Waals surface area (Å²) in [6, 6.07) is 3.87. The standard InChI is InChI=1S/C18H23N5O3/c24-16(3-2-14-4-6-19-7-5-14)23-9-1-8-22(10-11-23)13-15-12-20-21-17(15)18(25)26/h4-7,12H,1-3,8-11,13H2,(H,20,21)(H,25,26). The minimum Gasteiger partial charge on any atom is -0.477 e. The van der Waals surface area contributed by atoms with Crippen molar-refractivity contribution in [3.05, 3.63) is 47.5 Å². The van der Waals surface area contributed by atoms with Gasteiger partial charge in [0.15, 0.2) is 0 Å². The summed E-state index contributed by atoms with van der Waals surface area (Å²) in [6.07, 6.45) is 7.14. The zero-order valence-electron chi connectivity index (χ0n) is 14.6. The third-order valence-electron chi connectivity index (χ3n) is 4.64. The number of aromatic nitrogens is 3. The minimum absolute atomic E-state index is 0.138. The smallest absolute Gasteiger partial charge is 0.354 e. The Morgan fingerprint density at radius 2 is 1.96 bits per heavy atom. The highest BCUT2D eigenvalue weighted by molar-refractivity contribution is 5.86. The summed E-state index contributed by atoms with van der Waals surface area (Å²) in [6.45, 7) is 3.49. The molecule has 1 amide bonds. The molecule has 1 aliphatic heterocycles. The van der Waals surface area contributed by atoms with E-state index >= 15 is 0 Å². The first-order chi connectivity index (χ1) is 12.6. The van der Waals surface area contributed by atoms with E-state index in [-0.39, 0.29) is 11.6 Å². The van der Waals surface area contributed by atoms with Crippen LogP contribution in [0.25, 0.3) is 0 Å². The second-order valence-corrected chi connectivity index (χ2v) is 6.44. The largest absolute Gasteiger partial charge is 0.477 e. The third kappa shape index (κ3) is 4.66. The number of H-pyrrole nitrogens is 1. The normalized spacial score (nSPS) is 15.6.